The second kappa shape index (κ2) is 19.4. The molecule has 11 nitrogen and oxygen atoms in total. The minimum Gasteiger partial charge on any atom is -0.504 e. The number of methoxy groups -OCH3 is 2. The highest BCUT2D eigenvalue weighted by atomic mass is 16.6. The molecular weight excluding hydrogens is 769 g/mol. The number of rotatable bonds is 13. The first-order chi connectivity index (χ1) is 29.5. The van der Waals surface area contributed by atoms with Crippen molar-refractivity contribution in [3.63, 3.8) is 0 Å². The van der Waals surface area contributed by atoms with Crippen molar-refractivity contribution in [2.45, 2.75) is 133 Å². The monoisotopic (exact) mass is 839 g/mol. The highest BCUT2D eigenvalue weighted by molar-refractivity contribution is 5.97. The molecule has 61 heavy (non-hydrogen) atoms. The van der Waals surface area contributed by atoms with Gasteiger partial charge in [-0.2, -0.15) is 0 Å². The fourth-order valence-corrected chi connectivity index (χ4v) is 12.5. The number of unbranched alkanes of at least 4 members (excludes halogenated alkanes) is 1. The van der Waals surface area contributed by atoms with Gasteiger partial charge in [-0.15, -0.1) is 0 Å². The lowest BCUT2D eigenvalue weighted by Gasteiger charge is -2.50. The molecule has 1 heterocycles. The Bertz CT molecular complexity index is 1990. The zero-order valence-corrected chi connectivity index (χ0v) is 37.2. The molecule has 4 saturated carbocycles. The zero-order chi connectivity index (χ0) is 43.2. The summed E-state index contributed by atoms with van der Waals surface area (Å²) in [4.78, 5) is 19.8. The van der Waals surface area contributed by atoms with Gasteiger partial charge < -0.3 is 40.2 Å². The number of ketones is 1. The van der Waals surface area contributed by atoms with E-state index in [1.807, 2.05) is 25.3 Å². The van der Waals surface area contributed by atoms with Crippen molar-refractivity contribution in [3.8, 4) is 35.0 Å². The summed E-state index contributed by atoms with van der Waals surface area (Å²) < 4.78 is 17.9. The number of aliphatic hydroxyl groups is 1. The molecule has 9 unspecified atom stereocenters. The Morgan fingerprint density at radius 1 is 1.02 bits per heavy atom. The van der Waals surface area contributed by atoms with Crippen LogP contribution >= 0.6 is 0 Å². The van der Waals surface area contributed by atoms with E-state index in [1.165, 1.54) is 7.11 Å². The van der Waals surface area contributed by atoms with E-state index >= 15 is 4.79 Å². The van der Waals surface area contributed by atoms with Gasteiger partial charge in [0.2, 0.25) is 5.96 Å². The van der Waals surface area contributed by atoms with E-state index in [2.05, 4.69) is 58.0 Å². The molecule has 4 fully saturated rings. The number of phenols is 2. The Morgan fingerprint density at radius 2 is 1.84 bits per heavy atom. The smallest absolute Gasteiger partial charge is 0.207 e. The molecule has 4 aliphatic carbocycles. The predicted octanol–water partition coefficient (Wildman–Crippen LogP) is 8.36. The Hall–Kier alpha value is -4.24. The average Bonchev–Trinajstić information content (AvgIpc) is 4.00. The molecule has 0 aromatic heterocycles. The van der Waals surface area contributed by atoms with Crippen LogP contribution in [-0.4, -0.2) is 73.8 Å². The van der Waals surface area contributed by atoms with Crippen LogP contribution in [0.5, 0.6) is 23.0 Å². The van der Waals surface area contributed by atoms with E-state index in [0.29, 0.717) is 67.2 Å². The lowest BCUT2D eigenvalue weighted by Crippen LogP contribution is -2.46. The number of aromatic hydroxyl groups is 2. The molecule has 9 atom stereocenters. The van der Waals surface area contributed by atoms with Crippen molar-refractivity contribution < 1.29 is 34.3 Å². The molecule has 2 aromatic rings. The third-order valence-corrected chi connectivity index (χ3v) is 15.5. The van der Waals surface area contributed by atoms with Crippen LogP contribution in [0.3, 0.4) is 0 Å². The van der Waals surface area contributed by atoms with Crippen molar-refractivity contribution in [2.24, 2.45) is 40.0 Å². The number of allylic oxidation sites excluding steroid dienone is 2. The van der Waals surface area contributed by atoms with Gasteiger partial charge in [0.15, 0.2) is 35.1 Å². The first-order valence-corrected chi connectivity index (χ1v) is 23.0. The number of guanidine groups is 1. The maximum absolute atomic E-state index is 15.3. The summed E-state index contributed by atoms with van der Waals surface area (Å²) in [6.45, 7) is 2.84. The first-order valence-electron chi connectivity index (χ1n) is 23.0. The SMILES string of the molecule is CCCCC1CCC2CCCC23c2cc(c(O)c(OC4(CNC)CCC(CC(O)OC)C4)c2)NC(=NC)NC#CCC2CCCC2(Cc2ccc(O)c(OC)c2)C(=O)C=CC13. The molecule has 2 aromatic carbocycles. The Morgan fingerprint density at radius 3 is 2.61 bits per heavy atom. The molecule has 0 amide bonds. The number of hydrogen-bond donors (Lipinski definition) is 6. The molecule has 0 saturated heterocycles. The minimum absolute atomic E-state index is 0.0183. The molecule has 5 aliphatic rings. The number of fused-ring (bicyclic) bond motifs is 3. The third-order valence-electron chi connectivity index (χ3n) is 15.5. The molecule has 0 radical (unpaired) electrons. The van der Waals surface area contributed by atoms with Crippen LogP contribution in [0.4, 0.5) is 5.69 Å². The quantitative estimate of drug-likeness (QED) is 0.0659. The van der Waals surface area contributed by atoms with Crippen LogP contribution in [0.15, 0.2) is 47.5 Å². The van der Waals surface area contributed by atoms with Crippen molar-refractivity contribution in [1.29, 1.82) is 0 Å². The lowest BCUT2D eigenvalue weighted by atomic mass is 9.54. The van der Waals surface area contributed by atoms with Gasteiger partial charge >= 0.3 is 0 Å². The predicted molar refractivity (Wildman–Crippen MR) is 240 cm³/mol. The number of carbonyl (C=O) groups excluding carboxylic acids is 1. The second-order valence-corrected chi connectivity index (χ2v) is 18.8. The number of nitrogens with one attached hydrogen (secondary N) is 3. The number of aliphatic hydroxyl groups excluding tert-OH is 1. The van der Waals surface area contributed by atoms with Crippen molar-refractivity contribution in [2.75, 3.05) is 40.2 Å². The van der Waals surface area contributed by atoms with Gasteiger partial charge in [-0.3, -0.25) is 15.1 Å². The first kappa shape index (κ1) is 44.8. The Kier molecular flexibility index (Phi) is 14.3. The fourth-order valence-electron chi connectivity index (χ4n) is 12.5. The van der Waals surface area contributed by atoms with Gasteiger partial charge in [-0.1, -0.05) is 50.7 Å². The number of nitrogens with zero attached hydrogens (tertiary/aromatic N) is 1. The molecule has 6 N–H and O–H groups in total. The number of aliphatic imine (C=N–C) groups is 1. The molecule has 1 aliphatic heterocycles. The molecular formula is C50H70N4O7. The van der Waals surface area contributed by atoms with E-state index in [1.54, 1.807) is 20.2 Å². The maximum atomic E-state index is 15.3. The van der Waals surface area contributed by atoms with Crippen LogP contribution in [0.1, 0.15) is 121 Å². The summed E-state index contributed by atoms with van der Waals surface area (Å²) in [6, 6.07) is 12.8. The third kappa shape index (κ3) is 9.14. The maximum Gasteiger partial charge on any atom is 0.207 e. The average molecular weight is 839 g/mol. The summed E-state index contributed by atoms with van der Waals surface area (Å²) in [7, 11) is 6.70. The topological polar surface area (TPSA) is 154 Å². The largest absolute Gasteiger partial charge is 0.504 e. The molecule has 332 valence electrons. The summed E-state index contributed by atoms with van der Waals surface area (Å²) in [5.41, 5.74) is 1.04. The number of anilines is 1. The van der Waals surface area contributed by atoms with E-state index in [0.717, 1.165) is 94.6 Å². The highest BCUT2D eigenvalue weighted by Gasteiger charge is 2.55. The standard InChI is InChI=1S/C50H70N4O7/c1-6-7-11-35-16-17-37-13-9-23-50(37)38-28-40(46(58)43(29-38)61-48(32-51-2)24-21-34(30-48)27-45(57)60-5)54-47(52-3)53-25-10-14-36-12-8-22-49(36,44(56)20-18-39(35)50)31-33-15-19-41(55)42(26-33)59-4/h15,18-20,26,28-29,34-37,39,45,51,55,57-58H,6-9,11-14,16-17,21-24,27,30-32H2,1-5H3,(H2,52,53,54). The van der Waals surface area contributed by atoms with Gasteiger partial charge in [-0.25, -0.2) is 0 Å². The van der Waals surface area contributed by atoms with Crippen LogP contribution in [0, 0.1) is 47.0 Å². The van der Waals surface area contributed by atoms with Gasteiger partial charge in [0, 0.05) is 50.4 Å². The lowest BCUT2D eigenvalue weighted by molar-refractivity contribution is -0.125. The Balaban J connectivity index is 1.37. The van der Waals surface area contributed by atoms with Gasteiger partial charge in [0.25, 0.3) is 0 Å². The molecule has 1 spiro atoms. The summed E-state index contributed by atoms with van der Waals surface area (Å²) in [5, 5.41) is 43.0. The van der Waals surface area contributed by atoms with Gasteiger partial charge in [0.05, 0.1) is 12.8 Å². The van der Waals surface area contributed by atoms with Crippen LogP contribution in [0.25, 0.3) is 0 Å². The fraction of sp³-hybridized carbons (Fsp3) is 0.640. The number of phenolic OH excluding ortho intramolecular Hbond substituents is 2. The van der Waals surface area contributed by atoms with Crippen LogP contribution < -0.4 is 25.4 Å². The number of carbonyl (C=O) groups is 1. The molecule has 11 heteroatoms. The van der Waals surface area contributed by atoms with E-state index in [9.17, 15) is 15.3 Å². The van der Waals surface area contributed by atoms with Crippen molar-refractivity contribution >= 4 is 17.4 Å². The summed E-state index contributed by atoms with van der Waals surface area (Å²) in [6.07, 6.45) is 18.7. The Labute approximate surface area is 363 Å². The number of benzene rings is 2. The number of hydrogen-bond acceptors (Lipinski definition) is 9. The minimum atomic E-state index is -0.835. The number of ether oxygens (including phenoxy) is 3. The zero-order valence-electron chi connectivity index (χ0n) is 37.2. The number of likely N-dealkylation sites (N-methyl/N-ethyl adjacent to an activating group) is 1. The van der Waals surface area contributed by atoms with Crippen molar-refractivity contribution in [1.82, 2.24) is 10.6 Å². The summed E-state index contributed by atoms with van der Waals surface area (Å²) >= 11 is 0. The van der Waals surface area contributed by atoms with Crippen LogP contribution in [-0.2, 0) is 21.4 Å². The van der Waals surface area contributed by atoms with Crippen molar-refractivity contribution in [3.05, 3.63) is 53.6 Å². The van der Waals surface area contributed by atoms with E-state index in [4.69, 9.17) is 14.2 Å². The van der Waals surface area contributed by atoms with Gasteiger partial charge in [0.1, 0.15) is 5.60 Å². The van der Waals surface area contributed by atoms with Crippen LogP contribution in [0.2, 0.25) is 0 Å². The van der Waals surface area contributed by atoms with E-state index in [-0.39, 0.29) is 40.5 Å². The second-order valence-electron chi connectivity index (χ2n) is 18.8. The van der Waals surface area contributed by atoms with Gasteiger partial charge in [-0.05, 0) is 149 Å². The highest BCUT2D eigenvalue weighted by Crippen LogP contribution is 2.61. The molecule has 2 bridgehead atoms. The van der Waals surface area contributed by atoms with E-state index < -0.39 is 17.3 Å². The molecule has 7 rings (SSSR count). The summed E-state index contributed by atoms with van der Waals surface area (Å²) in [5.74, 6) is 5.97. The normalized spacial score (nSPS) is 32.2.